The van der Waals surface area contributed by atoms with E-state index >= 15 is 0 Å². The average Bonchev–Trinajstić information content (AvgIpc) is 2.58. The maximum absolute atomic E-state index is 12.7. The Labute approximate surface area is 153 Å². The first-order valence-corrected chi connectivity index (χ1v) is 9.37. The number of nitrogens with two attached hydrogens (primary N) is 1. The highest BCUT2D eigenvalue weighted by molar-refractivity contribution is 5.80. The van der Waals surface area contributed by atoms with Crippen molar-refractivity contribution < 1.29 is 14.1 Å². The third-order valence-corrected chi connectivity index (χ3v) is 4.14. The Morgan fingerprint density at radius 2 is 1.84 bits per heavy atom. The summed E-state index contributed by atoms with van der Waals surface area (Å²) in [6.07, 6.45) is 5.20. The number of unbranched alkanes of at least 4 members (excludes halogenated alkanes) is 3. The van der Waals surface area contributed by atoms with E-state index in [-0.39, 0.29) is 5.91 Å². The number of hydrogen-bond donors (Lipinski definition) is 1. The van der Waals surface area contributed by atoms with Crippen molar-refractivity contribution in [2.75, 3.05) is 34.2 Å². The smallest absolute Gasteiger partial charge is 0.263 e. The molecule has 0 bridgehead atoms. The van der Waals surface area contributed by atoms with E-state index in [1.165, 1.54) is 17.9 Å². The topological polar surface area (TPSA) is 55.6 Å². The molecule has 5 heteroatoms. The van der Waals surface area contributed by atoms with Crippen LogP contribution in [0.4, 0.5) is 0 Å². The van der Waals surface area contributed by atoms with Crippen molar-refractivity contribution in [3.63, 3.8) is 0 Å². The summed E-state index contributed by atoms with van der Waals surface area (Å²) in [6.45, 7) is 3.90. The zero-order chi connectivity index (χ0) is 18.7. The molecule has 0 saturated carbocycles. The van der Waals surface area contributed by atoms with Gasteiger partial charge in [0.15, 0.2) is 0 Å². The van der Waals surface area contributed by atoms with Crippen LogP contribution in [0.3, 0.4) is 0 Å². The fraction of sp³-hybridized carbons (Fsp3) is 0.650. The fourth-order valence-electron chi connectivity index (χ4n) is 2.46. The average molecular weight is 351 g/mol. The van der Waals surface area contributed by atoms with Crippen LogP contribution in [-0.2, 0) is 16.2 Å². The second-order valence-corrected chi connectivity index (χ2v) is 7.67. The Bertz CT molecular complexity index is 485. The minimum absolute atomic E-state index is 0.110. The number of hydrogen-bond acceptors (Lipinski definition) is 3. The van der Waals surface area contributed by atoms with Crippen LogP contribution in [0, 0.1) is 0 Å². The van der Waals surface area contributed by atoms with Crippen LogP contribution in [0.15, 0.2) is 30.3 Å². The molecule has 1 aromatic carbocycles. The Hall–Kier alpha value is -1.43. The maximum atomic E-state index is 12.7. The number of quaternary nitrogens is 1. The van der Waals surface area contributed by atoms with Gasteiger partial charge < -0.3 is 10.2 Å². The van der Waals surface area contributed by atoms with Crippen molar-refractivity contribution in [3.8, 4) is 0 Å². The largest absolute Gasteiger partial charge is 0.329 e. The molecule has 0 aromatic heterocycles. The van der Waals surface area contributed by atoms with Crippen molar-refractivity contribution in [2.24, 2.45) is 5.73 Å². The molecule has 0 saturated heterocycles. The fourth-order valence-corrected chi connectivity index (χ4v) is 2.46. The lowest BCUT2D eigenvalue weighted by molar-refractivity contribution is -0.870. The lowest BCUT2D eigenvalue weighted by Crippen LogP contribution is -2.48. The zero-order valence-electron chi connectivity index (χ0n) is 16.4. The number of benzene rings is 1. The standard InChI is InChI=1S/C20H36N3O2/c1-5-6-7-11-14-19(21)20(24)22(15-16-23(2,3)4)25-17-18-12-9-8-10-13-18/h8-10,12-13,19H,5-7,11,14-17,21H2,1-4H3/q+1. The summed E-state index contributed by atoms with van der Waals surface area (Å²) in [6, 6.07) is 9.41. The van der Waals surface area contributed by atoms with Crippen LogP contribution in [0.2, 0.25) is 0 Å². The van der Waals surface area contributed by atoms with Gasteiger partial charge in [0, 0.05) is 0 Å². The van der Waals surface area contributed by atoms with Crippen LogP contribution in [0.1, 0.15) is 44.6 Å². The van der Waals surface area contributed by atoms with Crippen LogP contribution in [-0.4, -0.2) is 55.7 Å². The van der Waals surface area contributed by atoms with Gasteiger partial charge in [0.25, 0.3) is 5.91 Å². The molecule has 1 unspecified atom stereocenters. The predicted octanol–water partition coefficient (Wildman–Crippen LogP) is 2.95. The van der Waals surface area contributed by atoms with E-state index in [4.69, 9.17) is 10.6 Å². The van der Waals surface area contributed by atoms with Gasteiger partial charge in [-0.15, -0.1) is 0 Å². The monoisotopic (exact) mass is 350 g/mol. The molecule has 0 aliphatic heterocycles. The number of amides is 1. The summed E-state index contributed by atoms with van der Waals surface area (Å²) >= 11 is 0. The zero-order valence-corrected chi connectivity index (χ0v) is 16.4. The molecule has 0 heterocycles. The van der Waals surface area contributed by atoms with Gasteiger partial charge in [-0.25, -0.2) is 5.06 Å². The molecule has 1 aromatic rings. The molecule has 5 nitrogen and oxygen atoms in total. The second-order valence-electron chi connectivity index (χ2n) is 7.67. The van der Waals surface area contributed by atoms with E-state index in [1.54, 1.807) is 0 Å². The van der Waals surface area contributed by atoms with Gasteiger partial charge >= 0.3 is 0 Å². The number of nitrogens with zero attached hydrogens (tertiary/aromatic N) is 2. The molecule has 0 aliphatic carbocycles. The SMILES string of the molecule is CCCCCCC(N)C(=O)N(CC[N+](C)(C)C)OCc1ccccc1. The summed E-state index contributed by atoms with van der Waals surface area (Å²) in [4.78, 5) is 18.5. The first kappa shape index (κ1) is 21.6. The van der Waals surface area contributed by atoms with Crippen molar-refractivity contribution in [1.82, 2.24) is 5.06 Å². The lowest BCUT2D eigenvalue weighted by atomic mass is 10.1. The van der Waals surface area contributed by atoms with Crippen molar-refractivity contribution in [1.29, 1.82) is 0 Å². The highest BCUT2D eigenvalue weighted by Gasteiger charge is 2.23. The molecule has 142 valence electrons. The van der Waals surface area contributed by atoms with Gasteiger partial charge in [0.1, 0.15) is 6.61 Å². The van der Waals surface area contributed by atoms with Crippen LogP contribution in [0.5, 0.6) is 0 Å². The van der Waals surface area contributed by atoms with Gasteiger partial charge in [-0.05, 0) is 12.0 Å². The Morgan fingerprint density at radius 3 is 2.44 bits per heavy atom. The maximum Gasteiger partial charge on any atom is 0.263 e. The van der Waals surface area contributed by atoms with Crippen LogP contribution >= 0.6 is 0 Å². The number of rotatable bonds is 12. The lowest BCUT2D eigenvalue weighted by Gasteiger charge is -2.29. The molecule has 0 aliphatic rings. The summed E-state index contributed by atoms with van der Waals surface area (Å²) < 4.78 is 0.768. The molecule has 0 radical (unpaired) electrons. The summed E-state index contributed by atoms with van der Waals surface area (Å²) in [5.41, 5.74) is 7.18. The van der Waals surface area contributed by atoms with Gasteiger partial charge in [0.05, 0.1) is 40.3 Å². The third kappa shape index (κ3) is 9.58. The third-order valence-electron chi connectivity index (χ3n) is 4.14. The van der Waals surface area contributed by atoms with Gasteiger partial charge in [0.2, 0.25) is 0 Å². The molecule has 0 spiro atoms. The highest BCUT2D eigenvalue weighted by atomic mass is 16.7. The van der Waals surface area contributed by atoms with Gasteiger partial charge in [-0.2, -0.15) is 0 Å². The molecule has 25 heavy (non-hydrogen) atoms. The van der Waals surface area contributed by atoms with Crippen molar-refractivity contribution in [2.45, 2.75) is 51.7 Å². The van der Waals surface area contributed by atoms with Gasteiger partial charge in [-0.1, -0.05) is 62.9 Å². The normalized spacial score (nSPS) is 12.8. The number of likely N-dealkylation sites (N-methyl/N-ethyl adjacent to an activating group) is 1. The van der Waals surface area contributed by atoms with E-state index in [9.17, 15) is 4.79 Å². The number of carbonyl (C=O) groups is 1. The summed E-state index contributed by atoms with van der Waals surface area (Å²) in [5, 5.41) is 1.47. The molecule has 1 atom stereocenters. The summed E-state index contributed by atoms with van der Waals surface area (Å²) in [5.74, 6) is -0.110. The minimum Gasteiger partial charge on any atom is -0.329 e. The highest BCUT2D eigenvalue weighted by Crippen LogP contribution is 2.09. The van der Waals surface area contributed by atoms with Crippen molar-refractivity contribution in [3.05, 3.63) is 35.9 Å². The number of hydroxylamine groups is 2. The molecule has 1 amide bonds. The molecule has 0 fully saturated rings. The minimum atomic E-state index is -0.486. The first-order valence-electron chi connectivity index (χ1n) is 9.37. The Kier molecular flexibility index (Phi) is 9.71. The quantitative estimate of drug-likeness (QED) is 0.358. The first-order chi connectivity index (χ1) is 11.8. The van der Waals surface area contributed by atoms with E-state index in [1.807, 2.05) is 30.3 Å². The van der Waals surface area contributed by atoms with Crippen molar-refractivity contribution >= 4 is 5.91 Å². The predicted molar refractivity (Wildman–Crippen MR) is 103 cm³/mol. The summed E-state index contributed by atoms with van der Waals surface area (Å²) in [7, 11) is 6.31. The molecule has 1 rings (SSSR count). The number of carbonyl (C=O) groups excluding carboxylic acids is 1. The van der Waals surface area contributed by atoms with E-state index < -0.39 is 6.04 Å². The Morgan fingerprint density at radius 1 is 1.16 bits per heavy atom. The van der Waals surface area contributed by atoms with Crippen LogP contribution in [0.25, 0.3) is 0 Å². The van der Waals surface area contributed by atoms with E-state index in [0.29, 0.717) is 19.6 Å². The molecular formula is C20H36N3O2+. The molecule has 2 N–H and O–H groups in total. The second kappa shape index (κ2) is 11.2. The molecular weight excluding hydrogens is 314 g/mol. The van der Waals surface area contributed by atoms with E-state index in [2.05, 4.69) is 28.1 Å². The van der Waals surface area contributed by atoms with E-state index in [0.717, 1.165) is 29.4 Å². The van der Waals surface area contributed by atoms with Gasteiger partial charge in [-0.3, -0.25) is 9.63 Å². The Balaban J connectivity index is 2.60. The van der Waals surface area contributed by atoms with Crippen LogP contribution < -0.4 is 5.73 Å².